The zero-order valence-corrected chi connectivity index (χ0v) is 9.74. The van der Waals surface area contributed by atoms with Gasteiger partial charge in [0.15, 0.2) is 0 Å². The summed E-state index contributed by atoms with van der Waals surface area (Å²) in [5.41, 5.74) is 8.77. The van der Waals surface area contributed by atoms with Crippen LogP contribution in [0.4, 0.5) is 0 Å². The summed E-state index contributed by atoms with van der Waals surface area (Å²) in [6.45, 7) is 0.774. The summed E-state index contributed by atoms with van der Waals surface area (Å²) in [6.07, 6.45) is 4.68. The Morgan fingerprint density at radius 1 is 1.24 bits per heavy atom. The number of carbonyl (C=O) groups excluding carboxylic acids is 1. The molecule has 2 atom stereocenters. The van der Waals surface area contributed by atoms with Gasteiger partial charge in [-0.05, 0) is 18.4 Å². The summed E-state index contributed by atoms with van der Waals surface area (Å²) < 4.78 is 5.95. The van der Waals surface area contributed by atoms with Crippen molar-refractivity contribution in [1.82, 2.24) is 4.90 Å². The third-order valence-corrected chi connectivity index (χ3v) is 4.39. The molecular formula is C13H16N2O2. The molecule has 3 aliphatic rings. The monoisotopic (exact) mass is 232 g/mol. The lowest BCUT2D eigenvalue weighted by molar-refractivity contribution is -0.129. The first-order valence-electron chi connectivity index (χ1n) is 6.44. The van der Waals surface area contributed by atoms with Gasteiger partial charge in [0.05, 0.1) is 6.04 Å². The Balaban J connectivity index is 1.88. The fourth-order valence-electron chi connectivity index (χ4n) is 3.69. The lowest BCUT2D eigenvalue weighted by Gasteiger charge is -2.31. The topological polar surface area (TPSA) is 59.5 Å². The summed E-state index contributed by atoms with van der Waals surface area (Å²) in [5.74, 6) is 2.46. The van der Waals surface area contributed by atoms with Crippen molar-refractivity contribution in [1.29, 1.82) is 0 Å². The van der Waals surface area contributed by atoms with E-state index in [4.69, 9.17) is 10.2 Å². The van der Waals surface area contributed by atoms with Gasteiger partial charge in [-0.2, -0.15) is 0 Å². The van der Waals surface area contributed by atoms with Gasteiger partial charge in [-0.3, -0.25) is 4.79 Å². The van der Waals surface area contributed by atoms with Crippen LogP contribution >= 0.6 is 0 Å². The first-order chi connectivity index (χ1) is 8.25. The van der Waals surface area contributed by atoms with Crippen LogP contribution in [0, 0.1) is 0 Å². The predicted molar refractivity (Wildman–Crippen MR) is 61.5 cm³/mol. The molecule has 3 heterocycles. The van der Waals surface area contributed by atoms with E-state index in [0.717, 1.165) is 37.3 Å². The number of amides is 1. The van der Waals surface area contributed by atoms with Gasteiger partial charge in [0.2, 0.25) is 5.91 Å². The molecule has 1 saturated heterocycles. The van der Waals surface area contributed by atoms with Crippen LogP contribution in [-0.4, -0.2) is 23.4 Å². The molecule has 2 aliphatic heterocycles. The lowest BCUT2D eigenvalue weighted by atomic mass is 9.92. The van der Waals surface area contributed by atoms with Crippen LogP contribution in [-0.2, 0) is 24.1 Å². The Bertz CT molecular complexity index is 506. The average Bonchev–Trinajstić information content (AvgIpc) is 2.92. The third-order valence-electron chi connectivity index (χ3n) is 4.39. The van der Waals surface area contributed by atoms with Gasteiger partial charge in [0.1, 0.15) is 11.5 Å². The normalized spacial score (nSPS) is 30.4. The second-order valence-electron chi connectivity index (χ2n) is 5.34. The fraction of sp³-hybridized carbons (Fsp3) is 0.615. The fourth-order valence-corrected chi connectivity index (χ4v) is 3.69. The number of nitrogens with two attached hydrogens (primary N) is 1. The van der Waals surface area contributed by atoms with Crippen molar-refractivity contribution >= 4 is 5.91 Å². The van der Waals surface area contributed by atoms with Gasteiger partial charge in [-0.1, -0.05) is 0 Å². The van der Waals surface area contributed by atoms with Crippen LogP contribution in [0.1, 0.15) is 41.5 Å². The van der Waals surface area contributed by atoms with E-state index in [1.807, 2.05) is 4.90 Å². The van der Waals surface area contributed by atoms with Crippen molar-refractivity contribution in [2.24, 2.45) is 5.73 Å². The van der Waals surface area contributed by atoms with Crippen molar-refractivity contribution < 1.29 is 9.21 Å². The summed E-state index contributed by atoms with van der Waals surface area (Å²) >= 11 is 0. The van der Waals surface area contributed by atoms with Gasteiger partial charge in [-0.15, -0.1) is 0 Å². The highest BCUT2D eigenvalue weighted by Gasteiger charge is 2.45. The number of hydrogen-bond acceptors (Lipinski definition) is 3. The van der Waals surface area contributed by atoms with Crippen LogP contribution in [0.25, 0.3) is 0 Å². The van der Waals surface area contributed by atoms with E-state index in [9.17, 15) is 4.79 Å². The van der Waals surface area contributed by atoms with Crippen LogP contribution in [0.3, 0.4) is 0 Å². The molecule has 0 saturated carbocycles. The molecule has 90 valence electrons. The van der Waals surface area contributed by atoms with Gasteiger partial charge in [-0.25, -0.2) is 0 Å². The van der Waals surface area contributed by atoms with Gasteiger partial charge >= 0.3 is 0 Å². The number of rotatable bonds is 0. The minimum Gasteiger partial charge on any atom is -0.465 e. The summed E-state index contributed by atoms with van der Waals surface area (Å²) in [5, 5.41) is 0. The quantitative estimate of drug-likeness (QED) is 0.723. The molecule has 1 amide bonds. The molecule has 1 aromatic rings. The number of carbonyl (C=O) groups is 1. The van der Waals surface area contributed by atoms with Crippen molar-refractivity contribution in [3.63, 3.8) is 0 Å². The minimum atomic E-state index is -0.0520. The molecule has 0 aromatic carbocycles. The maximum absolute atomic E-state index is 11.9. The van der Waals surface area contributed by atoms with E-state index in [1.54, 1.807) is 0 Å². The molecule has 2 N–H and O–H groups in total. The van der Waals surface area contributed by atoms with Crippen molar-refractivity contribution in [2.75, 3.05) is 6.54 Å². The van der Waals surface area contributed by atoms with Crippen molar-refractivity contribution in [3.8, 4) is 0 Å². The Hall–Kier alpha value is -1.29. The van der Waals surface area contributed by atoms with Crippen LogP contribution in [0.15, 0.2) is 4.42 Å². The third kappa shape index (κ3) is 1.14. The second kappa shape index (κ2) is 3.13. The molecule has 17 heavy (non-hydrogen) atoms. The Labute approximate surface area is 99.8 Å². The minimum absolute atomic E-state index is 0.0520. The van der Waals surface area contributed by atoms with Gasteiger partial charge in [0.25, 0.3) is 0 Å². The number of furan rings is 1. The number of aryl methyl sites for hydroxylation is 1. The summed E-state index contributed by atoms with van der Waals surface area (Å²) in [6, 6.07) is 0.0423. The predicted octanol–water partition coefficient (Wildman–Crippen LogP) is 0.925. The molecule has 4 heteroatoms. The van der Waals surface area contributed by atoms with Crippen LogP contribution in [0.5, 0.6) is 0 Å². The Morgan fingerprint density at radius 2 is 2.12 bits per heavy atom. The van der Waals surface area contributed by atoms with Crippen molar-refractivity contribution in [2.45, 2.75) is 44.2 Å². The highest BCUT2D eigenvalue weighted by Crippen LogP contribution is 2.44. The molecule has 0 spiro atoms. The number of nitrogens with zero attached hydrogens (tertiary/aromatic N) is 1. The average molecular weight is 232 g/mol. The smallest absolute Gasteiger partial charge is 0.224 e. The van der Waals surface area contributed by atoms with E-state index in [-0.39, 0.29) is 18.0 Å². The molecule has 1 aliphatic carbocycles. The Kier molecular flexibility index (Phi) is 1.79. The lowest BCUT2D eigenvalue weighted by Crippen LogP contribution is -2.38. The van der Waals surface area contributed by atoms with E-state index in [2.05, 4.69) is 0 Å². The molecule has 2 unspecified atom stereocenters. The van der Waals surface area contributed by atoms with E-state index < -0.39 is 0 Å². The van der Waals surface area contributed by atoms with Crippen LogP contribution < -0.4 is 5.73 Å². The first kappa shape index (κ1) is 9.71. The van der Waals surface area contributed by atoms with Gasteiger partial charge < -0.3 is 15.1 Å². The zero-order chi connectivity index (χ0) is 11.6. The summed E-state index contributed by atoms with van der Waals surface area (Å²) in [7, 11) is 0. The zero-order valence-electron chi connectivity index (χ0n) is 9.74. The van der Waals surface area contributed by atoms with E-state index in [0.29, 0.717) is 6.42 Å². The van der Waals surface area contributed by atoms with E-state index >= 15 is 0 Å². The largest absolute Gasteiger partial charge is 0.465 e. The molecule has 1 aromatic heterocycles. The Morgan fingerprint density at radius 3 is 3.00 bits per heavy atom. The molecule has 0 bridgehead atoms. The molecular weight excluding hydrogens is 216 g/mol. The molecule has 4 rings (SSSR count). The summed E-state index contributed by atoms with van der Waals surface area (Å²) in [4.78, 5) is 13.8. The highest BCUT2D eigenvalue weighted by atomic mass is 16.3. The molecule has 4 nitrogen and oxygen atoms in total. The SMILES string of the molecule is NC1CC(=O)N2CCc3oc4c(c3C12)CCC4. The molecule has 0 radical (unpaired) electrons. The highest BCUT2D eigenvalue weighted by molar-refractivity contribution is 5.81. The number of hydrogen-bond donors (Lipinski definition) is 1. The van der Waals surface area contributed by atoms with Crippen LogP contribution in [0.2, 0.25) is 0 Å². The first-order valence-corrected chi connectivity index (χ1v) is 6.44. The van der Waals surface area contributed by atoms with Gasteiger partial charge in [0, 0.05) is 37.4 Å². The number of fused-ring (bicyclic) bond motifs is 5. The second-order valence-corrected chi connectivity index (χ2v) is 5.34. The maximum atomic E-state index is 11.9. The van der Waals surface area contributed by atoms with E-state index in [1.165, 1.54) is 17.5 Å². The van der Waals surface area contributed by atoms with Crippen molar-refractivity contribution in [3.05, 3.63) is 22.6 Å². The maximum Gasteiger partial charge on any atom is 0.224 e. The standard InChI is InChI=1S/C13H16N2O2/c14-8-6-11(16)15-5-4-10-12(13(8)15)7-2-1-3-9(7)17-10/h8,13H,1-6,14H2. The molecule has 1 fully saturated rings.